The summed E-state index contributed by atoms with van der Waals surface area (Å²) in [5.74, 6) is 0.0455. The van der Waals surface area contributed by atoms with Gasteiger partial charge in [-0.3, -0.25) is 10.1 Å². The van der Waals surface area contributed by atoms with Gasteiger partial charge in [0.25, 0.3) is 0 Å². The number of rotatable bonds is 3. The van der Waals surface area contributed by atoms with Gasteiger partial charge in [-0.2, -0.15) is 0 Å². The molecule has 0 spiro atoms. The van der Waals surface area contributed by atoms with Crippen LogP contribution in [-0.2, 0) is 11.2 Å². The number of aromatic nitrogens is 1. The van der Waals surface area contributed by atoms with Crippen LogP contribution in [0.4, 0.5) is 0 Å². The van der Waals surface area contributed by atoms with Crippen LogP contribution in [-0.4, -0.2) is 29.2 Å². The number of aromatic amines is 1. The van der Waals surface area contributed by atoms with Gasteiger partial charge < -0.3 is 14.8 Å². The molecule has 2 atom stereocenters. The van der Waals surface area contributed by atoms with Gasteiger partial charge in [0.2, 0.25) is 0 Å². The summed E-state index contributed by atoms with van der Waals surface area (Å²) in [6, 6.07) is 11.4. The molecule has 2 heterocycles. The van der Waals surface area contributed by atoms with Gasteiger partial charge >= 0.3 is 5.97 Å². The van der Waals surface area contributed by atoms with Gasteiger partial charge in [0, 0.05) is 23.0 Å². The number of aliphatic carboxylic acids is 1. The summed E-state index contributed by atoms with van der Waals surface area (Å²) < 4.78 is 5.47. The highest BCUT2D eigenvalue weighted by molar-refractivity contribution is 5.87. The summed E-state index contributed by atoms with van der Waals surface area (Å²) in [6.45, 7) is 4.03. The van der Waals surface area contributed by atoms with E-state index in [-0.39, 0.29) is 6.04 Å². The number of carboxylic acids is 1. The van der Waals surface area contributed by atoms with Crippen LogP contribution >= 0.6 is 0 Å². The Bertz CT molecular complexity index is 983. The maximum atomic E-state index is 11.7. The second-order valence-corrected chi connectivity index (χ2v) is 6.95. The minimum absolute atomic E-state index is 0.199. The molecule has 5 heteroatoms. The van der Waals surface area contributed by atoms with Crippen molar-refractivity contribution in [2.24, 2.45) is 0 Å². The molecule has 0 saturated carbocycles. The van der Waals surface area contributed by atoms with Crippen molar-refractivity contribution in [3.05, 3.63) is 64.3 Å². The molecule has 2 aromatic carbocycles. The van der Waals surface area contributed by atoms with E-state index in [1.807, 2.05) is 32.0 Å². The quantitative estimate of drug-likeness (QED) is 0.676. The Kier molecular flexibility index (Phi) is 3.96. The zero-order valence-electron chi connectivity index (χ0n) is 15.1. The largest absolute Gasteiger partial charge is 0.496 e. The Hall–Kier alpha value is -2.79. The molecular weight excluding hydrogens is 328 g/mol. The van der Waals surface area contributed by atoms with E-state index in [1.165, 1.54) is 0 Å². The number of hydrogen-bond acceptors (Lipinski definition) is 3. The molecular formula is C21H22N2O3. The lowest BCUT2D eigenvalue weighted by Gasteiger charge is -2.30. The third kappa shape index (κ3) is 2.56. The molecule has 0 aliphatic carbocycles. The predicted octanol–water partition coefficient (Wildman–Crippen LogP) is 3.48. The predicted molar refractivity (Wildman–Crippen MR) is 101 cm³/mol. The third-order valence-electron chi connectivity index (χ3n) is 5.23. The highest BCUT2D eigenvalue weighted by Crippen LogP contribution is 2.37. The monoisotopic (exact) mass is 350 g/mol. The first-order chi connectivity index (χ1) is 12.5. The van der Waals surface area contributed by atoms with Crippen molar-refractivity contribution in [1.82, 2.24) is 10.3 Å². The SMILES string of the molecule is COc1c(C)cc(C2NC(C(=O)O)Cc3c2[nH]c2ccccc32)cc1C. The van der Waals surface area contributed by atoms with Crippen molar-refractivity contribution in [3.8, 4) is 5.75 Å². The third-order valence-corrected chi connectivity index (χ3v) is 5.23. The van der Waals surface area contributed by atoms with Crippen LogP contribution in [0.3, 0.4) is 0 Å². The van der Waals surface area contributed by atoms with E-state index in [9.17, 15) is 9.90 Å². The number of carboxylic acid groups (broad SMARTS) is 1. The molecule has 134 valence electrons. The number of fused-ring (bicyclic) bond motifs is 3. The van der Waals surface area contributed by atoms with Gasteiger partial charge in [-0.15, -0.1) is 0 Å². The number of carbonyl (C=O) groups is 1. The van der Waals surface area contributed by atoms with Crippen molar-refractivity contribution in [1.29, 1.82) is 0 Å². The molecule has 3 aromatic rings. The van der Waals surface area contributed by atoms with Crippen LogP contribution in [0.1, 0.15) is 34.0 Å². The molecule has 4 rings (SSSR count). The van der Waals surface area contributed by atoms with Gasteiger partial charge in [0.05, 0.1) is 13.2 Å². The highest BCUT2D eigenvalue weighted by Gasteiger charge is 2.34. The molecule has 3 N–H and O–H groups in total. The van der Waals surface area contributed by atoms with Gasteiger partial charge in [0.1, 0.15) is 11.8 Å². The number of nitrogens with one attached hydrogen (secondary N) is 2. The molecule has 1 aliphatic heterocycles. The lowest BCUT2D eigenvalue weighted by molar-refractivity contribution is -0.139. The Balaban J connectivity index is 1.90. The average molecular weight is 350 g/mol. The van der Waals surface area contributed by atoms with E-state index >= 15 is 0 Å². The van der Waals surface area contributed by atoms with Crippen molar-refractivity contribution < 1.29 is 14.6 Å². The maximum absolute atomic E-state index is 11.7. The van der Waals surface area contributed by atoms with E-state index in [0.29, 0.717) is 6.42 Å². The van der Waals surface area contributed by atoms with E-state index in [1.54, 1.807) is 7.11 Å². The van der Waals surface area contributed by atoms with Gasteiger partial charge in [-0.25, -0.2) is 0 Å². The van der Waals surface area contributed by atoms with E-state index in [4.69, 9.17) is 4.74 Å². The zero-order valence-corrected chi connectivity index (χ0v) is 15.1. The smallest absolute Gasteiger partial charge is 0.321 e. The molecule has 0 fully saturated rings. The molecule has 26 heavy (non-hydrogen) atoms. The minimum atomic E-state index is -0.826. The van der Waals surface area contributed by atoms with Crippen LogP contribution < -0.4 is 10.1 Å². The molecule has 1 aromatic heterocycles. The first-order valence-corrected chi connectivity index (χ1v) is 8.73. The number of hydrogen-bond donors (Lipinski definition) is 3. The summed E-state index contributed by atoms with van der Waals surface area (Å²) in [5.41, 5.74) is 6.30. The fourth-order valence-electron chi connectivity index (χ4n) is 4.13. The normalized spacial score (nSPS) is 19.3. The number of para-hydroxylation sites is 1. The van der Waals surface area contributed by atoms with E-state index in [0.717, 1.165) is 44.6 Å². The summed E-state index contributed by atoms with van der Waals surface area (Å²) in [7, 11) is 1.67. The summed E-state index contributed by atoms with van der Waals surface area (Å²) in [6.07, 6.45) is 0.472. The molecule has 0 saturated heterocycles. The van der Waals surface area contributed by atoms with Gasteiger partial charge in [0.15, 0.2) is 0 Å². The Labute approximate surface area is 152 Å². The number of benzene rings is 2. The summed E-state index contributed by atoms with van der Waals surface area (Å²) in [4.78, 5) is 15.2. The summed E-state index contributed by atoms with van der Waals surface area (Å²) in [5, 5.41) is 14.0. The summed E-state index contributed by atoms with van der Waals surface area (Å²) >= 11 is 0. The fourth-order valence-corrected chi connectivity index (χ4v) is 4.13. The van der Waals surface area contributed by atoms with Crippen LogP contribution in [0, 0.1) is 13.8 Å². The number of ether oxygens (including phenoxy) is 1. The molecule has 0 radical (unpaired) electrons. The second-order valence-electron chi connectivity index (χ2n) is 6.95. The van der Waals surface area contributed by atoms with Crippen molar-refractivity contribution >= 4 is 16.9 Å². The average Bonchev–Trinajstić information content (AvgIpc) is 2.99. The Morgan fingerprint density at radius 1 is 1.19 bits per heavy atom. The number of aryl methyl sites for hydroxylation is 2. The number of H-pyrrole nitrogens is 1. The van der Waals surface area contributed by atoms with Gasteiger partial charge in [-0.05, 0) is 42.2 Å². The second kappa shape index (κ2) is 6.18. The lowest BCUT2D eigenvalue weighted by atomic mass is 9.89. The molecule has 2 unspecified atom stereocenters. The van der Waals surface area contributed by atoms with Crippen molar-refractivity contribution in [2.45, 2.75) is 32.4 Å². The molecule has 5 nitrogen and oxygen atoms in total. The van der Waals surface area contributed by atoms with Crippen LogP contribution in [0.5, 0.6) is 5.75 Å². The highest BCUT2D eigenvalue weighted by atomic mass is 16.5. The Morgan fingerprint density at radius 3 is 2.54 bits per heavy atom. The van der Waals surface area contributed by atoms with Crippen molar-refractivity contribution in [3.63, 3.8) is 0 Å². The van der Waals surface area contributed by atoms with Gasteiger partial charge in [-0.1, -0.05) is 30.3 Å². The fraction of sp³-hybridized carbons (Fsp3) is 0.286. The topological polar surface area (TPSA) is 74.3 Å². The maximum Gasteiger partial charge on any atom is 0.321 e. The first-order valence-electron chi connectivity index (χ1n) is 8.73. The van der Waals surface area contributed by atoms with E-state index in [2.05, 4.69) is 28.5 Å². The Morgan fingerprint density at radius 2 is 1.88 bits per heavy atom. The van der Waals surface area contributed by atoms with Crippen LogP contribution in [0.15, 0.2) is 36.4 Å². The first kappa shape index (κ1) is 16.7. The molecule has 0 bridgehead atoms. The van der Waals surface area contributed by atoms with Crippen LogP contribution in [0.25, 0.3) is 10.9 Å². The van der Waals surface area contributed by atoms with E-state index < -0.39 is 12.0 Å². The van der Waals surface area contributed by atoms with Crippen LogP contribution in [0.2, 0.25) is 0 Å². The molecule has 1 aliphatic rings. The lowest BCUT2D eigenvalue weighted by Crippen LogP contribution is -2.45. The molecule has 0 amide bonds. The standard InChI is InChI=1S/C21H22N2O3/c1-11-8-13(9-12(2)20(11)26-3)18-19-15(10-17(23-18)21(24)25)14-6-4-5-7-16(14)22-19/h4-9,17-18,22-23H,10H2,1-3H3,(H,24,25). The zero-order chi connectivity index (χ0) is 18.4. The minimum Gasteiger partial charge on any atom is -0.496 e. The van der Waals surface area contributed by atoms with Crippen molar-refractivity contribution in [2.75, 3.05) is 7.11 Å². The number of methoxy groups -OCH3 is 1.